The number of hydrogen-bond acceptors (Lipinski definition) is 5. The zero-order chi connectivity index (χ0) is 16.9. The van der Waals surface area contributed by atoms with Gasteiger partial charge in [0.15, 0.2) is 0 Å². The van der Waals surface area contributed by atoms with Crippen LogP contribution in [0.5, 0.6) is 0 Å². The van der Waals surface area contributed by atoms with Gasteiger partial charge in [-0.1, -0.05) is 35.0 Å². The van der Waals surface area contributed by atoms with Gasteiger partial charge in [0.25, 0.3) is 0 Å². The summed E-state index contributed by atoms with van der Waals surface area (Å²) in [5, 5.41) is 6.73. The Labute approximate surface area is 139 Å². The van der Waals surface area contributed by atoms with Crippen LogP contribution >= 0.6 is 0 Å². The molecule has 24 heavy (non-hydrogen) atoms. The molecular formula is C18H18N4O2. The maximum atomic E-state index is 12.0. The quantitative estimate of drug-likeness (QED) is 0.779. The number of nitrogens with one attached hydrogen (secondary N) is 1. The van der Waals surface area contributed by atoms with Crippen LogP contribution in [0.15, 0.2) is 47.0 Å². The van der Waals surface area contributed by atoms with Crippen molar-refractivity contribution in [1.82, 2.24) is 15.1 Å². The summed E-state index contributed by atoms with van der Waals surface area (Å²) >= 11 is 0. The van der Waals surface area contributed by atoms with Crippen LogP contribution < -0.4 is 5.32 Å². The first-order valence-corrected chi connectivity index (χ1v) is 7.73. The number of amides is 1. The molecule has 0 bridgehead atoms. The number of carbonyl (C=O) groups is 1. The third-order valence-corrected chi connectivity index (χ3v) is 3.47. The van der Waals surface area contributed by atoms with Gasteiger partial charge < -0.3 is 9.84 Å². The molecule has 6 heteroatoms. The Kier molecular flexibility index (Phi) is 4.65. The fraction of sp³-hybridized carbons (Fsp3) is 0.222. The van der Waals surface area contributed by atoms with Crippen molar-refractivity contribution in [2.75, 3.05) is 5.32 Å². The molecule has 0 saturated heterocycles. The largest absolute Gasteiger partial charge is 0.339 e. The number of nitrogens with zero attached hydrogens (tertiary/aromatic N) is 3. The molecule has 0 aliphatic carbocycles. The lowest BCUT2D eigenvalue weighted by Crippen LogP contribution is -2.13. The molecule has 122 valence electrons. The molecule has 0 aliphatic heterocycles. The van der Waals surface area contributed by atoms with Crippen LogP contribution in [0.1, 0.15) is 23.6 Å². The van der Waals surface area contributed by atoms with Gasteiger partial charge in [0.1, 0.15) is 5.82 Å². The Bertz CT molecular complexity index is 857. The monoisotopic (exact) mass is 322 g/mol. The summed E-state index contributed by atoms with van der Waals surface area (Å²) in [7, 11) is 0. The Morgan fingerprint density at radius 1 is 1.12 bits per heavy atom. The maximum Gasteiger partial charge on any atom is 0.227 e. The molecule has 3 rings (SSSR count). The normalized spacial score (nSPS) is 10.6. The second kappa shape index (κ2) is 7.04. The van der Waals surface area contributed by atoms with Gasteiger partial charge in [-0.05, 0) is 32.0 Å². The van der Waals surface area contributed by atoms with E-state index >= 15 is 0 Å². The molecule has 0 spiro atoms. The van der Waals surface area contributed by atoms with Crippen LogP contribution in [0.2, 0.25) is 0 Å². The van der Waals surface area contributed by atoms with E-state index < -0.39 is 0 Å². The number of aryl methyl sites for hydroxylation is 3. The molecule has 0 radical (unpaired) electrons. The van der Waals surface area contributed by atoms with Crippen molar-refractivity contribution in [2.45, 2.75) is 26.7 Å². The molecule has 0 atom stereocenters. The third kappa shape index (κ3) is 4.04. The van der Waals surface area contributed by atoms with Crippen LogP contribution in [-0.4, -0.2) is 21.0 Å². The zero-order valence-corrected chi connectivity index (χ0v) is 13.6. The van der Waals surface area contributed by atoms with Gasteiger partial charge in [-0.3, -0.25) is 4.79 Å². The van der Waals surface area contributed by atoms with E-state index in [1.54, 1.807) is 6.07 Å². The van der Waals surface area contributed by atoms with Crippen molar-refractivity contribution in [1.29, 1.82) is 0 Å². The molecule has 2 heterocycles. The van der Waals surface area contributed by atoms with E-state index in [4.69, 9.17) is 4.52 Å². The van der Waals surface area contributed by atoms with Crippen LogP contribution in [0, 0.1) is 13.8 Å². The van der Waals surface area contributed by atoms with Gasteiger partial charge in [0.05, 0.1) is 0 Å². The number of benzene rings is 1. The molecule has 1 aromatic carbocycles. The van der Waals surface area contributed by atoms with Gasteiger partial charge in [0.2, 0.25) is 17.6 Å². The van der Waals surface area contributed by atoms with Crippen molar-refractivity contribution in [3.63, 3.8) is 0 Å². The lowest BCUT2D eigenvalue weighted by atomic mass is 10.1. The van der Waals surface area contributed by atoms with Crippen molar-refractivity contribution >= 4 is 11.7 Å². The molecular weight excluding hydrogens is 304 g/mol. The van der Waals surface area contributed by atoms with E-state index in [9.17, 15) is 4.79 Å². The number of carbonyl (C=O) groups excluding carboxylic acids is 1. The minimum atomic E-state index is -0.136. The minimum Gasteiger partial charge on any atom is -0.339 e. The Balaban J connectivity index is 1.58. The smallest absolute Gasteiger partial charge is 0.227 e. The van der Waals surface area contributed by atoms with Crippen LogP contribution in [-0.2, 0) is 11.2 Å². The van der Waals surface area contributed by atoms with Gasteiger partial charge in [0, 0.05) is 24.1 Å². The summed E-state index contributed by atoms with van der Waals surface area (Å²) in [6.07, 6.45) is 0.640. The zero-order valence-electron chi connectivity index (χ0n) is 13.6. The molecule has 0 saturated carbocycles. The fourth-order valence-corrected chi connectivity index (χ4v) is 2.30. The second-order valence-electron chi connectivity index (χ2n) is 5.59. The predicted molar refractivity (Wildman–Crippen MR) is 90.4 cm³/mol. The van der Waals surface area contributed by atoms with E-state index in [0.717, 1.165) is 16.8 Å². The molecule has 6 nitrogen and oxygen atoms in total. The number of pyridine rings is 1. The molecule has 0 unspecified atom stereocenters. The lowest BCUT2D eigenvalue weighted by molar-refractivity contribution is -0.116. The highest BCUT2D eigenvalue weighted by Crippen LogP contribution is 2.17. The molecule has 0 aliphatic rings. The van der Waals surface area contributed by atoms with Crippen LogP contribution in [0.4, 0.5) is 5.82 Å². The molecule has 1 amide bonds. The standard InChI is InChI=1S/C18H18N4O2/c1-12-5-3-7-14(11-12)18-21-17(24-22-18)10-9-16(23)20-15-8-4-6-13(2)19-15/h3-8,11H,9-10H2,1-2H3,(H,19,20,23). The van der Waals surface area contributed by atoms with Crippen molar-refractivity contribution < 1.29 is 9.32 Å². The Hall–Kier alpha value is -3.02. The Morgan fingerprint density at radius 2 is 1.96 bits per heavy atom. The summed E-state index contributed by atoms with van der Waals surface area (Å²) in [5.74, 6) is 1.39. The maximum absolute atomic E-state index is 12.0. The predicted octanol–water partition coefficient (Wildman–Crippen LogP) is 3.32. The van der Waals surface area contributed by atoms with Crippen LogP contribution in [0.25, 0.3) is 11.4 Å². The summed E-state index contributed by atoms with van der Waals surface area (Å²) in [6.45, 7) is 3.88. The molecule has 0 fully saturated rings. The van der Waals surface area contributed by atoms with Crippen LogP contribution in [0.3, 0.4) is 0 Å². The van der Waals surface area contributed by atoms with Crippen molar-refractivity contribution in [3.8, 4) is 11.4 Å². The Morgan fingerprint density at radius 3 is 2.75 bits per heavy atom. The van der Waals surface area contributed by atoms with Gasteiger partial charge in [-0.2, -0.15) is 4.98 Å². The first kappa shape index (κ1) is 15.9. The number of aromatic nitrogens is 3. The summed E-state index contributed by atoms with van der Waals surface area (Å²) in [6, 6.07) is 13.4. The van der Waals surface area contributed by atoms with Gasteiger partial charge in [-0.15, -0.1) is 0 Å². The van der Waals surface area contributed by atoms with Crippen molar-refractivity contribution in [2.24, 2.45) is 0 Å². The van der Waals surface area contributed by atoms with Gasteiger partial charge >= 0.3 is 0 Å². The number of rotatable bonds is 5. The number of hydrogen-bond donors (Lipinski definition) is 1. The summed E-state index contributed by atoms with van der Waals surface area (Å²) < 4.78 is 5.22. The molecule has 2 aromatic heterocycles. The lowest BCUT2D eigenvalue weighted by Gasteiger charge is -2.03. The summed E-state index contributed by atoms with van der Waals surface area (Å²) in [5.41, 5.74) is 2.88. The minimum absolute atomic E-state index is 0.136. The van der Waals surface area contributed by atoms with Gasteiger partial charge in [-0.25, -0.2) is 4.98 Å². The SMILES string of the molecule is Cc1cccc(-c2noc(CCC(=O)Nc3cccc(C)n3)n2)c1. The third-order valence-electron chi connectivity index (χ3n) is 3.47. The van der Waals surface area contributed by atoms with Crippen molar-refractivity contribution in [3.05, 3.63) is 59.6 Å². The average Bonchev–Trinajstić information content (AvgIpc) is 3.02. The average molecular weight is 322 g/mol. The fourth-order valence-electron chi connectivity index (χ4n) is 2.30. The topological polar surface area (TPSA) is 80.9 Å². The van der Waals surface area contributed by atoms with E-state index in [-0.39, 0.29) is 12.3 Å². The highest BCUT2D eigenvalue weighted by atomic mass is 16.5. The highest BCUT2D eigenvalue weighted by Gasteiger charge is 2.11. The number of anilines is 1. The van der Waals surface area contributed by atoms with E-state index in [1.165, 1.54) is 0 Å². The second-order valence-corrected chi connectivity index (χ2v) is 5.59. The first-order chi connectivity index (χ1) is 11.6. The molecule has 1 N–H and O–H groups in total. The highest BCUT2D eigenvalue weighted by molar-refractivity contribution is 5.89. The van der Waals surface area contributed by atoms with E-state index in [1.807, 2.05) is 50.2 Å². The summed E-state index contributed by atoms with van der Waals surface area (Å²) in [4.78, 5) is 20.6. The molecule has 3 aromatic rings. The van der Waals surface area contributed by atoms with E-state index in [0.29, 0.717) is 24.0 Å². The first-order valence-electron chi connectivity index (χ1n) is 7.73. The van der Waals surface area contributed by atoms with E-state index in [2.05, 4.69) is 20.4 Å².